The number of hydrogen-bond donors (Lipinski definition) is 0. The topological polar surface area (TPSA) is 44.1 Å². The molecule has 2 aromatic rings. The number of carbonyl (C=O) groups excluding carboxylic acids is 1. The van der Waals surface area contributed by atoms with E-state index in [1.165, 1.54) is 0 Å². The van der Waals surface area contributed by atoms with Crippen LogP contribution >= 0.6 is 15.9 Å². The van der Waals surface area contributed by atoms with E-state index in [0.717, 1.165) is 22.3 Å². The summed E-state index contributed by atoms with van der Waals surface area (Å²) in [5.41, 5.74) is 1.33. The van der Waals surface area contributed by atoms with Crippen LogP contribution in [0.15, 0.2) is 16.6 Å². The van der Waals surface area contributed by atoms with Crippen molar-refractivity contribution in [3.63, 3.8) is 0 Å². The molecule has 0 amide bonds. The fourth-order valence-corrected chi connectivity index (χ4v) is 2.21. The van der Waals surface area contributed by atoms with Crippen LogP contribution in [0.4, 0.5) is 8.78 Å². The molecule has 2 rings (SSSR count). The molecule has 20 heavy (non-hydrogen) atoms. The molecule has 0 atom stereocenters. The molecule has 0 aliphatic heterocycles. The molecule has 0 fully saturated rings. The normalized spacial score (nSPS) is 10.7. The number of hydrogen-bond acceptors (Lipinski definition) is 3. The molecule has 1 aromatic carbocycles. The van der Waals surface area contributed by atoms with E-state index in [-0.39, 0.29) is 12.2 Å². The van der Waals surface area contributed by atoms with Gasteiger partial charge in [0, 0.05) is 12.6 Å². The van der Waals surface area contributed by atoms with Gasteiger partial charge in [-0.1, -0.05) is 0 Å². The summed E-state index contributed by atoms with van der Waals surface area (Å²) in [7, 11) is 1.71. The van der Waals surface area contributed by atoms with Gasteiger partial charge in [0.05, 0.1) is 15.9 Å². The maximum Gasteiger partial charge on any atom is 0.191 e. The van der Waals surface area contributed by atoms with E-state index in [1.807, 2.05) is 0 Å². The summed E-state index contributed by atoms with van der Waals surface area (Å²) in [6.45, 7) is 1.75. The zero-order valence-electron chi connectivity index (χ0n) is 10.8. The first kappa shape index (κ1) is 14.6. The van der Waals surface area contributed by atoms with E-state index in [0.29, 0.717) is 12.0 Å². The van der Waals surface area contributed by atoms with E-state index in [9.17, 15) is 13.6 Å². The van der Waals surface area contributed by atoms with Crippen LogP contribution in [0.25, 0.3) is 0 Å². The molecule has 106 valence electrons. The monoisotopic (exact) mass is 344 g/mol. The van der Waals surface area contributed by atoms with Crippen molar-refractivity contribution in [2.75, 3.05) is 0 Å². The summed E-state index contributed by atoms with van der Waals surface area (Å²) in [6.07, 6.45) is 0.372. The number of aryl methyl sites for hydroxylation is 2. The second kappa shape index (κ2) is 5.70. The first-order valence-corrected chi connectivity index (χ1v) is 6.48. The summed E-state index contributed by atoms with van der Waals surface area (Å²) in [6, 6.07) is 1.85. The largest absolute Gasteiger partial charge is 0.481 e. The van der Waals surface area contributed by atoms with Crippen molar-refractivity contribution in [2.45, 2.75) is 13.5 Å². The highest BCUT2D eigenvalue weighted by Gasteiger charge is 2.16. The minimum atomic E-state index is -0.915. The van der Waals surface area contributed by atoms with E-state index < -0.39 is 17.4 Å². The van der Waals surface area contributed by atoms with Crippen LogP contribution in [0, 0.1) is 18.6 Å². The third-order valence-corrected chi connectivity index (χ3v) is 3.80. The number of aromatic nitrogens is 2. The van der Waals surface area contributed by atoms with Gasteiger partial charge in [0.15, 0.2) is 17.4 Å². The molecule has 0 spiro atoms. The summed E-state index contributed by atoms with van der Waals surface area (Å²) >= 11 is 3.34. The Morgan fingerprint density at radius 3 is 2.45 bits per heavy atom. The van der Waals surface area contributed by atoms with Gasteiger partial charge in [-0.2, -0.15) is 5.10 Å². The predicted molar refractivity (Wildman–Crippen MR) is 71.7 cm³/mol. The number of rotatable bonds is 4. The zero-order valence-corrected chi connectivity index (χ0v) is 12.4. The summed E-state index contributed by atoms with van der Waals surface area (Å²) in [5.74, 6) is -2.34. The van der Waals surface area contributed by atoms with Gasteiger partial charge in [0.1, 0.15) is 12.9 Å². The van der Waals surface area contributed by atoms with Gasteiger partial charge in [-0.3, -0.25) is 9.48 Å². The van der Waals surface area contributed by atoms with Gasteiger partial charge >= 0.3 is 0 Å². The predicted octanol–water partition coefficient (Wildman–Crippen LogP) is 3.16. The maximum absolute atomic E-state index is 13.6. The first-order valence-electron chi connectivity index (χ1n) is 5.69. The fraction of sp³-hybridized carbons (Fsp3) is 0.231. The van der Waals surface area contributed by atoms with Crippen LogP contribution in [0.3, 0.4) is 0 Å². The van der Waals surface area contributed by atoms with E-state index in [2.05, 4.69) is 21.0 Å². The van der Waals surface area contributed by atoms with Gasteiger partial charge in [0.25, 0.3) is 0 Å². The standard InChI is InChI=1S/C13H11BrF2N2O2/c1-7-12(14)11(18(2)17-7)6-20-13-9(15)3-8(5-19)4-10(13)16/h3-5H,6H2,1-2H3. The van der Waals surface area contributed by atoms with Crippen LogP contribution in [-0.4, -0.2) is 16.1 Å². The minimum absolute atomic E-state index is 0.0494. The molecule has 0 unspecified atom stereocenters. The molecule has 1 aromatic heterocycles. The number of ether oxygens (including phenoxy) is 1. The molecule has 0 bridgehead atoms. The van der Waals surface area contributed by atoms with Crippen LogP contribution in [0.2, 0.25) is 0 Å². The molecular weight excluding hydrogens is 334 g/mol. The Morgan fingerprint density at radius 2 is 2.00 bits per heavy atom. The Kier molecular flexibility index (Phi) is 4.17. The maximum atomic E-state index is 13.6. The lowest BCUT2D eigenvalue weighted by Gasteiger charge is -2.09. The first-order chi connectivity index (χ1) is 9.43. The molecule has 0 saturated carbocycles. The summed E-state index contributed by atoms with van der Waals surface area (Å²) in [5, 5.41) is 4.15. The molecule has 0 aliphatic rings. The van der Waals surface area contributed by atoms with Gasteiger partial charge in [-0.05, 0) is 35.0 Å². The van der Waals surface area contributed by atoms with E-state index in [4.69, 9.17) is 4.74 Å². The van der Waals surface area contributed by atoms with Gasteiger partial charge < -0.3 is 4.74 Å². The number of nitrogens with zero attached hydrogens (tertiary/aromatic N) is 2. The van der Waals surface area contributed by atoms with E-state index in [1.54, 1.807) is 18.7 Å². The molecule has 0 saturated heterocycles. The highest BCUT2D eigenvalue weighted by Crippen LogP contribution is 2.26. The lowest BCUT2D eigenvalue weighted by Crippen LogP contribution is -2.06. The van der Waals surface area contributed by atoms with Crippen LogP contribution < -0.4 is 4.74 Å². The van der Waals surface area contributed by atoms with Crippen molar-refractivity contribution in [3.8, 4) is 5.75 Å². The Bertz CT molecular complexity index is 648. The van der Waals surface area contributed by atoms with Crippen LogP contribution in [0.5, 0.6) is 5.75 Å². The number of benzene rings is 1. The summed E-state index contributed by atoms with van der Waals surface area (Å²) in [4.78, 5) is 10.5. The second-order valence-electron chi connectivity index (χ2n) is 4.19. The molecule has 0 aliphatic carbocycles. The molecule has 7 heteroatoms. The molecule has 0 radical (unpaired) electrons. The van der Waals surface area contributed by atoms with Crippen molar-refractivity contribution in [3.05, 3.63) is 45.2 Å². The van der Waals surface area contributed by atoms with Crippen LogP contribution in [0.1, 0.15) is 21.7 Å². The minimum Gasteiger partial charge on any atom is -0.481 e. The Labute approximate surface area is 122 Å². The number of aldehydes is 1. The Balaban J connectivity index is 2.25. The van der Waals surface area contributed by atoms with Crippen molar-refractivity contribution in [1.29, 1.82) is 0 Å². The quantitative estimate of drug-likeness (QED) is 0.800. The van der Waals surface area contributed by atoms with Crippen molar-refractivity contribution in [2.24, 2.45) is 7.05 Å². The lowest BCUT2D eigenvalue weighted by molar-refractivity contribution is 0.112. The van der Waals surface area contributed by atoms with Gasteiger partial charge in [-0.15, -0.1) is 0 Å². The van der Waals surface area contributed by atoms with Crippen molar-refractivity contribution in [1.82, 2.24) is 9.78 Å². The second-order valence-corrected chi connectivity index (χ2v) is 4.98. The number of halogens is 3. The Morgan fingerprint density at radius 1 is 1.40 bits per heavy atom. The number of carbonyl (C=O) groups is 1. The zero-order chi connectivity index (χ0) is 14.9. The van der Waals surface area contributed by atoms with Crippen molar-refractivity contribution < 1.29 is 18.3 Å². The summed E-state index contributed by atoms with van der Waals surface area (Å²) < 4.78 is 34.8. The molecule has 4 nitrogen and oxygen atoms in total. The lowest BCUT2D eigenvalue weighted by atomic mass is 10.2. The highest BCUT2D eigenvalue weighted by atomic mass is 79.9. The molecular formula is C13H11BrF2N2O2. The average molecular weight is 345 g/mol. The van der Waals surface area contributed by atoms with Gasteiger partial charge in [-0.25, -0.2) is 8.78 Å². The average Bonchev–Trinajstić information content (AvgIpc) is 2.63. The van der Waals surface area contributed by atoms with Crippen LogP contribution in [-0.2, 0) is 13.7 Å². The smallest absolute Gasteiger partial charge is 0.191 e. The molecule has 0 N–H and O–H groups in total. The molecule has 1 heterocycles. The van der Waals surface area contributed by atoms with Crippen molar-refractivity contribution >= 4 is 22.2 Å². The fourth-order valence-electron chi connectivity index (χ4n) is 1.76. The Hall–Kier alpha value is -1.76. The highest BCUT2D eigenvalue weighted by molar-refractivity contribution is 9.10. The third-order valence-electron chi connectivity index (χ3n) is 2.77. The SMILES string of the molecule is Cc1nn(C)c(COc2c(F)cc(C=O)cc2F)c1Br. The third kappa shape index (κ3) is 2.72. The van der Waals surface area contributed by atoms with E-state index >= 15 is 0 Å². The van der Waals surface area contributed by atoms with Gasteiger partial charge in [0.2, 0.25) is 0 Å².